The summed E-state index contributed by atoms with van der Waals surface area (Å²) in [6.45, 7) is 8.56. The maximum atomic E-state index is 13.3. The molecular formula is C20H32N4O. The molecule has 0 bridgehead atoms. The van der Waals surface area contributed by atoms with Gasteiger partial charge in [0.2, 0.25) is 0 Å². The molecule has 1 aromatic heterocycles. The summed E-state index contributed by atoms with van der Waals surface area (Å²) in [7, 11) is 2.21. The number of nitrogens with zero attached hydrogens (tertiary/aromatic N) is 4. The number of aromatic nitrogens is 2. The monoisotopic (exact) mass is 344 g/mol. The van der Waals surface area contributed by atoms with E-state index in [2.05, 4.69) is 48.4 Å². The van der Waals surface area contributed by atoms with Crippen LogP contribution in [-0.2, 0) is 5.54 Å². The van der Waals surface area contributed by atoms with Crippen molar-refractivity contribution in [3.8, 4) is 0 Å². The minimum absolute atomic E-state index is 0.0769. The molecule has 4 rings (SSSR count). The van der Waals surface area contributed by atoms with Crippen LogP contribution >= 0.6 is 0 Å². The molecule has 138 valence electrons. The summed E-state index contributed by atoms with van der Waals surface area (Å²) in [4.78, 5) is 17.9. The maximum absolute atomic E-state index is 13.3. The number of amides is 1. The SMILES string of the molecule is CN1CCC[C@@H]1[C@H]1CCCN1C(=O)c1cc(C2CC2)n(C(C)(C)C)n1. The third kappa shape index (κ3) is 3.12. The van der Waals surface area contributed by atoms with E-state index in [0.29, 0.717) is 23.7 Å². The van der Waals surface area contributed by atoms with Gasteiger partial charge in [-0.1, -0.05) is 0 Å². The first-order valence-corrected chi connectivity index (χ1v) is 9.98. The lowest BCUT2D eigenvalue weighted by Crippen LogP contribution is -2.47. The van der Waals surface area contributed by atoms with E-state index in [1.807, 2.05) is 0 Å². The molecule has 1 aromatic rings. The summed E-state index contributed by atoms with van der Waals surface area (Å²) in [5.41, 5.74) is 1.83. The van der Waals surface area contributed by atoms with Gasteiger partial charge in [0, 0.05) is 30.2 Å². The van der Waals surface area contributed by atoms with E-state index >= 15 is 0 Å². The summed E-state index contributed by atoms with van der Waals surface area (Å²) in [5, 5.41) is 4.78. The lowest BCUT2D eigenvalue weighted by atomic mass is 10.0. The van der Waals surface area contributed by atoms with Gasteiger partial charge in [-0.05, 0) is 79.0 Å². The Morgan fingerprint density at radius 2 is 1.76 bits per heavy atom. The molecule has 5 nitrogen and oxygen atoms in total. The Balaban J connectivity index is 1.60. The number of likely N-dealkylation sites (N-methyl/N-ethyl adjacent to an activating group) is 1. The molecule has 3 aliphatic rings. The molecule has 0 N–H and O–H groups in total. The van der Waals surface area contributed by atoms with E-state index < -0.39 is 0 Å². The zero-order chi connectivity index (χ0) is 17.8. The van der Waals surface area contributed by atoms with E-state index in [4.69, 9.17) is 5.10 Å². The molecule has 2 aliphatic heterocycles. The maximum Gasteiger partial charge on any atom is 0.274 e. The lowest BCUT2D eigenvalue weighted by molar-refractivity contribution is 0.0657. The fourth-order valence-electron chi connectivity index (χ4n) is 4.72. The average molecular weight is 345 g/mol. The predicted octanol–water partition coefficient (Wildman–Crippen LogP) is 3.21. The van der Waals surface area contributed by atoms with Gasteiger partial charge in [0.05, 0.1) is 5.54 Å². The molecular weight excluding hydrogens is 312 g/mol. The Kier molecular flexibility index (Phi) is 4.18. The van der Waals surface area contributed by atoms with Crippen molar-refractivity contribution < 1.29 is 4.79 Å². The van der Waals surface area contributed by atoms with Crippen molar-refractivity contribution in [2.24, 2.45) is 0 Å². The normalized spacial score (nSPS) is 28.1. The molecule has 1 amide bonds. The fourth-order valence-corrected chi connectivity index (χ4v) is 4.72. The average Bonchev–Trinajstić information content (AvgIpc) is 2.98. The molecule has 2 atom stereocenters. The van der Waals surface area contributed by atoms with Gasteiger partial charge in [0.25, 0.3) is 5.91 Å². The summed E-state index contributed by atoms with van der Waals surface area (Å²) in [6, 6.07) is 2.97. The highest BCUT2D eigenvalue weighted by molar-refractivity contribution is 5.93. The van der Waals surface area contributed by atoms with Crippen LogP contribution < -0.4 is 0 Å². The standard InChI is InChI=1S/C20H32N4O/c1-20(2,3)24-18(14-9-10-14)13-15(21-24)19(25)23-12-6-8-17(23)16-7-5-11-22(16)4/h13-14,16-17H,5-12H2,1-4H3/t16-,17-/m1/s1. The molecule has 25 heavy (non-hydrogen) atoms. The second kappa shape index (κ2) is 6.11. The van der Waals surface area contributed by atoms with Gasteiger partial charge in [-0.25, -0.2) is 0 Å². The third-order valence-electron chi connectivity index (χ3n) is 6.17. The highest BCUT2D eigenvalue weighted by atomic mass is 16.2. The van der Waals surface area contributed by atoms with Gasteiger partial charge in [-0.15, -0.1) is 0 Å². The Bertz CT molecular complexity index is 655. The minimum atomic E-state index is -0.0769. The minimum Gasteiger partial charge on any atom is -0.333 e. The predicted molar refractivity (Wildman–Crippen MR) is 98.9 cm³/mol. The summed E-state index contributed by atoms with van der Waals surface area (Å²) in [6.07, 6.45) is 7.19. The number of carbonyl (C=O) groups is 1. The van der Waals surface area contributed by atoms with Gasteiger partial charge < -0.3 is 9.80 Å². The van der Waals surface area contributed by atoms with Crippen LogP contribution in [0.3, 0.4) is 0 Å². The highest BCUT2D eigenvalue weighted by Crippen LogP contribution is 2.42. The van der Waals surface area contributed by atoms with Crippen molar-refractivity contribution in [2.75, 3.05) is 20.1 Å². The number of hydrogen-bond acceptors (Lipinski definition) is 3. The van der Waals surface area contributed by atoms with Gasteiger partial charge in [0.1, 0.15) is 0 Å². The molecule has 0 radical (unpaired) electrons. The van der Waals surface area contributed by atoms with Crippen LogP contribution in [0.1, 0.15) is 81.4 Å². The van der Waals surface area contributed by atoms with E-state index in [0.717, 1.165) is 25.9 Å². The Morgan fingerprint density at radius 3 is 2.36 bits per heavy atom. The van der Waals surface area contributed by atoms with Crippen molar-refractivity contribution in [3.05, 3.63) is 17.5 Å². The largest absolute Gasteiger partial charge is 0.333 e. The second-order valence-corrected chi connectivity index (χ2v) is 9.21. The van der Waals surface area contributed by atoms with E-state index in [9.17, 15) is 4.79 Å². The summed E-state index contributed by atoms with van der Waals surface area (Å²) >= 11 is 0. The zero-order valence-corrected chi connectivity index (χ0v) is 16.2. The van der Waals surface area contributed by atoms with Crippen LogP contribution in [-0.4, -0.2) is 57.7 Å². The smallest absolute Gasteiger partial charge is 0.274 e. The van der Waals surface area contributed by atoms with Gasteiger partial charge in [0.15, 0.2) is 5.69 Å². The van der Waals surface area contributed by atoms with E-state index in [1.165, 1.54) is 31.4 Å². The van der Waals surface area contributed by atoms with Crippen LogP contribution in [0.2, 0.25) is 0 Å². The van der Waals surface area contributed by atoms with E-state index in [-0.39, 0.29) is 11.4 Å². The lowest BCUT2D eigenvalue weighted by Gasteiger charge is -2.32. The zero-order valence-electron chi connectivity index (χ0n) is 16.2. The molecule has 0 unspecified atom stereocenters. The fraction of sp³-hybridized carbons (Fsp3) is 0.800. The number of likely N-dealkylation sites (tertiary alicyclic amines) is 2. The van der Waals surface area contributed by atoms with Gasteiger partial charge in [-0.3, -0.25) is 9.48 Å². The molecule has 0 aromatic carbocycles. The van der Waals surface area contributed by atoms with Crippen LogP contribution in [0.15, 0.2) is 6.07 Å². The highest BCUT2D eigenvalue weighted by Gasteiger charge is 2.40. The quantitative estimate of drug-likeness (QED) is 0.845. The Hall–Kier alpha value is -1.36. The van der Waals surface area contributed by atoms with Crippen molar-refractivity contribution in [3.63, 3.8) is 0 Å². The third-order valence-corrected chi connectivity index (χ3v) is 6.17. The first-order valence-electron chi connectivity index (χ1n) is 9.98. The summed E-state index contributed by atoms with van der Waals surface area (Å²) < 4.78 is 2.10. The van der Waals surface area contributed by atoms with Crippen molar-refractivity contribution in [2.45, 2.75) is 82.8 Å². The molecule has 2 saturated heterocycles. The number of hydrogen-bond donors (Lipinski definition) is 0. The van der Waals surface area contributed by atoms with E-state index in [1.54, 1.807) is 0 Å². The molecule has 5 heteroatoms. The van der Waals surface area contributed by atoms with Crippen LogP contribution in [0, 0.1) is 0 Å². The van der Waals surface area contributed by atoms with Crippen LogP contribution in [0.25, 0.3) is 0 Å². The molecule has 3 fully saturated rings. The second-order valence-electron chi connectivity index (χ2n) is 9.21. The van der Waals surface area contributed by atoms with Gasteiger partial charge >= 0.3 is 0 Å². The van der Waals surface area contributed by atoms with Crippen LogP contribution in [0.5, 0.6) is 0 Å². The number of rotatable bonds is 3. The first kappa shape index (κ1) is 17.1. The first-order chi connectivity index (χ1) is 11.9. The molecule has 1 aliphatic carbocycles. The van der Waals surface area contributed by atoms with Crippen molar-refractivity contribution in [1.82, 2.24) is 19.6 Å². The van der Waals surface area contributed by atoms with Crippen LogP contribution in [0.4, 0.5) is 0 Å². The summed E-state index contributed by atoms with van der Waals surface area (Å²) in [5.74, 6) is 0.747. The Labute approximate surface area is 151 Å². The molecule has 3 heterocycles. The van der Waals surface area contributed by atoms with Crippen molar-refractivity contribution >= 4 is 5.91 Å². The topological polar surface area (TPSA) is 41.4 Å². The molecule has 0 spiro atoms. The van der Waals surface area contributed by atoms with Gasteiger partial charge in [-0.2, -0.15) is 5.10 Å². The number of carbonyl (C=O) groups excluding carboxylic acids is 1. The molecule has 1 saturated carbocycles. The van der Waals surface area contributed by atoms with Crippen molar-refractivity contribution in [1.29, 1.82) is 0 Å². The Morgan fingerprint density at radius 1 is 1.08 bits per heavy atom.